The third kappa shape index (κ3) is 3.41. The van der Waals surface area contributed by atoms with Gasteiger partial charge in [-0.3, -0.25) is 9.36 Å². The van der Waals surface area contributed by atoms with E-state index in [0.29, 0.717) is 16.3 Å². The molecule has 1 aliphatic rings. The number of nitrogens with zero attached hydrogens (tertiary/aromatic N) is 6. The Morgan fingerprint density at radius 2 is 1.86 bits per heavy atom. The van der Waals surface area contributed by atoms with Crippen LogP contribution >= 0.6 is 23.1 Å². The molecule has 0 aromatic carbocycles. The van der Waals surface area contributed by atoms with Crippen molar-refractivity contribution in [1.82, 2.24) is 24.5 Å². The molecule has 0 radical (unpaired) electrons. The summed E-state index contributed by atoms with van der Waals surface area (Å²) < 4.78 is 1.63. The Morgan fingerprint density at radius 3 is 2.57 bits per heavy atom. The first-order valence-corrected chi connectivity index (χ1v) is 11.1. The number of thiophene rings is 1. The molecule has 9 heteroatoms. The average molecular weight is 417 g/mol. The number of aryl methyl sites for hydroxylation is 2. The third-order valence-electron chi connectivity index (χ3n) is 4.87. The summed E-state index contributed by atoms with van der Waals surface area (Å²) in [5.74, 6) is 1.53. The van der Waals surface area contributed by atoms with Crippen molar-refractivity contribution in [3.63, 3.8) is 0 Å². The van der Waals surface area contributed by atoms with Gasteiger partial charge in [-0.05, 0) is 43.0 Å². The molecule has 3 heterocycles. The van der Waals surface area contributed by atoms with E-state index in [1.807, 2.05) is 19.0 Å². The lowest BCUT2D eigenvalue weighted by Gasteiger charge is -2.14. The first kappa shape index (κ1) is 19.3. The summed E-state index contributed by atoms with van der Waals surface area (Å²) in [7, 11) is 5.59. The van der Waals surface area contributed by atoms with Crippen LogP contribution in [0.3, 0.4) is 0 Å². The van der Waals surface area contributed by atoms with Crippen LogP contribution in [0.4, 0.5) is 5.95 Å². The zero-order chi connectivity index (χ0) is 20.0. The molecule has 148 valence electrons. The molecule has 28 heavy (non-hydrogen) atoms. The highest BCUT2D eigenvalue weighted by atomic mass is 32.2. The second-order valence-electron chi connectivity index (χ2n) is 7.58. The summed E-state index contributed by atoms with van der Waals surface area (Å²) >= 11 is 2.99. The molecule has 0 saturated heterocycles. The van der Waals surface area contributed by atoms with Crippen molar-refractivity contribution in [3.8, 4) is 0 Å². The molecule has 0 spiro atoms. The summed E-state index contributed by atoms with van der Waals surface area (Å²) in [6, 6.07) is 0. The minimum atomic E-state index is 0.0258. The Balaban J connectivity index is 1.80. The Bertz CT molecular complexity index is 1080. The lowest BCUT2D eigenvalue weighted by molar-refractivity contribution is 0.693. The van der Waals surface area contributed by atoms with Crippen LogP contribution < -0.4 is 10.5 Å². The number of hydrogen-bond donors (Lipinski definition) is 0. The van der Waals surface area contributed by atoms with Crippen molar-refractivity contribution in [2.75, 3.05) is 19.0 Å². The molecule has 0 amide bonds. The lowest BCUT2D eigenvalue weighted by Crippen LogP contribution is -2.21. The first-order valence-electron chi connectivity index (χ1n) is 9.47. The molecule has 0 fully saturated rings. The predicted octanol–water partition coefficient (Wildman–Crippen LogP) is 3.40. The molecular weight excluding hydrogens is 392 g/mol. The minimum Gasteiger partial charge on any atom is -0.347 e. The van der Waals surface area contributed by atoms with Crippen LogP contribution in [0.1, 0.15) is 48.9 Å². The summed E-state index contributed by atoms with van der Waals surface area (Å²) in [5, 5.41) is 1.98. The maximum absolute atomic E-state index is 13.1. The fraction of sp³-hybridized carbons (Fsp3) is 0.526. The molecule has 0 unspecified atom stereocenters. The molecule has 0 N–H and O–H groups in total. The standard InChI is InChI=1S/C19H24N6OS2/c1-10(2)14-20-17(24(3)4)23-18(21-14)28-19-22-15-13(16(26)25(19)5)11-8-6-7-9-12(11)27-15/h10H,6-9H2,1-5H3. The predicted molar refractivity (Wildman–Crippen MR) is 114 cm³/mol. The van der Waals surface area contributed by atoms with Crippen LogP contribution in [-0.4, -0.2) is 38.6 Å². The maximum atomic E-state index is 13.1. The summed E-state index contributed by atoms with van der Waals surface area (Å²) in [5.41, 5.74) is 1.24. The van der Waals surface area contributed by atoms with E-state index in [4.69, 9.17) is 4.98 Å². The molecule has 1 aliphatic carbocycles. The van der Waals surface area contributed by atoms with Crippen molar-refractivity contribution in [3.05, 3.63) is 26.6 Å². The first-order chi connectivity index (χ1) is 13.3. The smallest absolute Gasteiger partial charge is 0.262 e. The van der Waals surface area contributed by atoms with Crippen molar-refractivity contribution in [2.45, 2.75) is 55.8 Å². The van der Waals surface area contributed by atoms with Crippen LogP contribution in [0.25, 0.3) is 10.2 Å². The molecule has 3 aromatic rings. The number of anilines is 1. The van der Waals surface area contributed by atoms with Gasteiger partial charge in [0.2, 0.25) is 11.1 Å². The van der Waals surface area contributed by atoms with E-state index in [1.165, 1.54) is 28.6 Å². The number of fused-ring (bicyclic) bond motifs is 3. The van der Waals surface area contributed by atoms with Crippen LogP contribution in [0.5, 0.6) is 0 Å². The lowest BCUT2D eigenvalue weighted by atomic mass is 9.97. The van der Waals surface area contributed by atoms with Crippen LogP contribution in [0.15, 0.2) is 15.1 Å². The van der Waals surface area contributed by atoms with E-state index >= 15 is 0 Å². The van der Waals surface area contributed by atoms with Crippen molar-refractivity contribution in [1.29, 1.82) is 0 Å². The highest BCUT2D eigenvalue weighted by Crippen LogP contribution is 2.35. The summed E-state index contributed by atoms with van der Waals surface area (Å²) in [4.78, 5) is 35.6. The summed E-state index contributed by atoms with van der Waals surface area (Å²) in [6.45, 7) is 4.11. The van der Waals surface area contributed by atoms with Gasteiger partial charge in [-0.15, -0.1) is 11.3 Å². The van der Waals surface area contributed by atoms with Crippen LogP contribution in [-0.2, 0) is 19.9 Å². The second-order valence-corrected chi connectivity index (χ2v) is 9.60. The van der Waals surface area contributed by atoms with E-state index in [-0.39, 0.29) is 11.5 Å². The molecule has 0 bridgehead atoms. The molecular formula is C19H24N6OS2. The quantitative estimate of drug-likeness (QED) is 0.603. The monoisotopic (exact) mass is 416 g/mol. The fourth-order valence-corrected chi connectivity index (χ4v) is 5.40. The van der Waals surface area contributed by atoms with Gasteiger partial charge in [0.25, 0.3) is 5.56 Å². The van der Waals surface area contributed by atoms with Gasteiger partial charge in [-0.25, -0.2) is 9.97 Å². The van der Waals surface area contributed by atoms with E-state index in [0.717, 1.165) is 35.3 Å². The van der Waals surface area contributed by atoms with Gasteiger partial charge in [0.05, 0.1) is 5.39 Å². The Kier molecular flexibility index (Phi) is 5.13. The molecule has 0 saturated carbocycles. The maximum Gasteiger partial charge on any atom is 0.262 e. The van der Waals surface area contributed by atoms with Gasteiger partial charge in [0.15, 0.2) is 5.16 Å². The van der Waals surface area contributed by atoms with Gasteiger partial charge < -0.3 is 4.90 Å². The fourth-order valence-electron chi connectivity index (χ4n) is 3.30. The highest BCUT2D eigenvalue weighted by Gasteiger charge is 2.22. The molecule has 0 aliphatic heterocycles. The minimum absolute atomic E-state index is 0.0258. The van der Waals surface area contributed by atoms with E-state index in [1.54, 1.807) is 23.0 Å². The van der Waals surface area contributed by atoms with E-state index in [9.17, 15) is 4.79 Å². The van der Waals surface area contributed by atoms with Gasteiger partial charge in [0, 0.05) is 31.9 Å². The van der Waals surface area contributed by atoms with Crippen molar-refractivity contribution in [2.24, 2.45) is 7.05 Å². The van der Waals surface area contributed by atoms with Crippen LogP contribution in [0.2, 0.25) is 0 Å². The van der Waals surface area contributed by atoms with E-state index < -0.39 is 0 Å². The zero-order valence-corrected chi connectivity index (χ0v) is 18.4. The molecule has 0 atom stereocenters. The Hall–Kier alpha value is -2.00. The summed E-state index contributed by atoms with van der Waals surface area (Å²) in [6.07, 6.45) is 4.38. The number of hydrogen-bond acceptors (Lipinski definition) is 8. The zero-order valence-electron chi connectivity index (χ0n) is 16.8. The second kappa shape index (κ2) is 7.44. The topological polar surface area (TPSA) is 76.8 Å². The number of aromatic nitrogens is 5. The molecule has 4 rings (SSSR count). The van der Waals surface area contributed by atoms with Gasteiger partial charge in [0.1, 0.15) is 10.7 Å². The van der Waals surface area contributed by atoms with Crippen LogP contribution in [0, 0.1) is 0 Å². The Labute approximate surface area is 172 Å². The largest absolute Gasteiger partial charge is 0.347 e. The van der Waals surface area contributed by atoms with Crippen molar-refractivity contribution < 1.29 is 0 Å². The van der Waals surface area contributed by atoms with Crippen molar-refractivity contribution >= 4 is 39.3 Å². The SMILES string of the molecule is CC(C)c1nc(Sc2nc3sc4c(c3c(=O)n2C)CCCC4)nc(N(C)C)n1. The molecule has 3 aromatic heterocycles. The average Bonchev–Trinajstić information content (AvgIpc) is 3.03. The van der Waals surface area contributed by atoms with Gasteiger partial charge in [-0.1, -0.05) is 13.8 Å². The number of rotatable bonds is 4. The third-order valence-corrected chi connectivity index (χ3v) is 6.97. The molecule has 7 nitrogen and oxygen atoms in total. The normalized spacial score (nSPS) is 13.9. The van der Waals surface area contributed by atoms with E-state index in [2.05, 4.69) is 28.8 Å². The van der Waals surface area contributed by atoms with Gasteiger partial charge >= 0.3 is 0 Å². The highest BCUT2D eigenvalue weighted by molar-refractivity contribution is 7.99. The Morgan fingerprint density at radius 1 is 1.11 bits per heavy atom. The van der Waals surface area contributed by atoms with Gasteiger partial charge in [-0.2, -0.15) is 9.97 Å².